The van der Waals surface area contributed by atoms with Crippen molar-refractivity contribution in [1.82, 2.24) is 14.4 Å². The Morgan fingerprint density at radius 1 is 0.977 bits per heavy atom. The van der Waals surface area contributed by atoms with Crippen molar-refractivity contribution in [3.63, 3.8) is 0 Å². The Balaban J connectivity index is 1.50. The maximum Gasteiger partial charge on any atom is 0.350 e. The first-order valence-corrected chi connectivity index (χ1v) is 14.8. The predicted molar refractivity (Wildman–Crippen MR) is 165 cm³/mol. The molecule has 11 heteroatoms. The Kier molecular flexibility index (Phi) is 7.71. The number of hydrogen-bond acceptors (Lipinski definition) is 9. The number of pyridine rings is 1. The monoisotopic (exact) mass is 608 g/mol. The molecule has 6 rings (SSSR count). The molecule has 0 spiro atoms. The molecule has 44 heavy (non-hydrogen) atoms. The third-order valence-corrected chi connectivity index (χ3v) is 8.38. The van der Waals surface area contributed by atoms with E-state index in [-0.39, 0.29) is 27.9 Å². The van der Waals surface area contributed by atoms with Crippen LogP contribution in [0, 0.1) is 13.8 Å². The highest BCUT2D eigenvalue weighted by molar-refractivity contribution is 7.17. The summed E-state index contributed by atoms with van der Waals surface area (Å²) in [5, 5.41) is 11.9. The van der Waals surface area contributed by atoms with Gasteiger partial charge in [-0.25, -0.2) is 14.8 Å². The number of carbonyl (C=O) groups excluding carboxylic acids is 3. The molecule has 4 heterocycles. The van der Waals surface area contributed by atoms with Gasteiger partial charge in [-0.1, -0.05) is 59.9 Å². The Morgan fingerprint density at radius 3 is 2.52 bits per heavy atom. The number of rotatable bonds is 8. The maximum atomic E-state index is 13.8. The summed E-state index contributed by atoms with van der Waals surface area (Å²) in [6, 6.07) is 21.0. The zero-order chi connectivity index (χ0) is 31.0. The number of thiazole rings is 1. The number of aryl methyl sites for hydroxylation is 2. The second-order valence-electron chi connectivity index (χ2n) is 10.1. The number of nitrogens with zero attached hydrogens (tertiary/aromatic N) is 4. The molecule has 1 amide bonds. The van der Waals surface area contributed by atoms with Crippen molar-refractivity contribution in [3.8, 4) is 5.75 Å². The van der Waals surface area contributed by atoms with Crippen LogP contribution in [-0.2, 0) is 20.9 Å². The second-order valence-corrected chi connectivity index (χ2v) is 11.1. The number of ether oxygens (including phenoxy) is 2. The van der Waals surface area contributed by atoms with Gasteiger partial charge in [-0.2, -0.15) is 0 Å². The van der Waals surface area contributed by atoms with Gasteiger partial charge in [0.25, 0.3) is 5.78 Å². The standard InChI is InChI=1S/C33H28N4O6S/c1-4-42-32(41)30-20(3)35-33(44-30)37-27(22-13-10-14-23(17-22)43-18-21-11-6-5-7-12-21)25(29(39)31(37)40)28(38)26-19(2)34-24-15-8-9-16-36(24)26/h5-17,27,38H,4,18H2,1-3H3. The molecule has 0 saturated carbocycles. The zero-order valence-corrected chi connectivity index (χ0v) is 25.0. The molecule has 222 valence electrons. The largest absolute Gasteiger partial charge is 0.505 e. The summed E-state index contributed by atoms with van der Waals surface area (Å²) in [7, 11) is 0. The van der Waals surface area contributed by atoms with E-state index in [1.54, 1.807) is 67.8 Å². The number of aliphatic hydroxyl groups excluding tert-OH is 1. The summed E-state index contributed by atoms with van der Waals surface area (Å²) in [6.45, 7) is 5.53. The average molecular weight is 609 g/mol. The van der Waals surface area contributed by atoms with Crippen molar-refractivity contribution in [2.45, 2.75) is 33.4 Å². The van der Waals surface area contributed by atoms with Gasteiger partial charge >= 0.3 is 11.9 Å². The van der Waals surface area contributed by atoms with E-state index in [0.717, 1.165) is 16.9 Å². The SMILES string of the molecule is CCOC(=O)c1sc(N2C(=O)C(=O)C(=C(O)c3c(C)nc4ccccn34)C2c2cccc(OCc3ccccc3)c2)nc1C. The van der Waals surface area contributed by atoms with Gasteiger partial charge in [-0.05, 0) is 56.2 Å². The van der Waals surface area contributed by atoms with Crippen LogP contribution in [0.5, 0.6) is 5.75 Å². The van der Waals surface area contributed by atoms with Crippen LogP contribution in [0.1, 0.15) is 50.8 Å². The Labute approximate surface area is 256 Å². The van der Waals surface area contributed by atoms with Crippen molar-refractivity contribution in [1.29, 1.82) is 0 Å². The molecule has 10 nitrogen and oxygen atoms in total. The summed E-state index contributed by atoms with van der Waals surface area (Å²) in [5.74, 6) is -2.21. The van der Waals surface area contributed by atoms with Gasteiger partial charge in [0, 0.05) is 6.20 Å². The molecule has 1 atom stereocenters. The normalized spacial score (nSPS) is 16.1. The molecule has 1 N–H and O–H groups in total. The Hall–Kier alpha value is -5.29. The summed E-state index contributed by atoms with van der Waals surface area (Å²) in [6.07, 6.45) is 1.73. The number of ketones is 1. The summed E-state index contributed by atoms with van der Waals surface area (Å²) in [4.78, 5) is 50.6. The molecule has 1 saturated heterocycles. The number of amides is 1. The van der Waals surface area contributed by atoms with E-state index in [9.17, 15) is 19.5 Å². The number of hydrogen-bond donors (Lipinski definition) is 1. The maximum absolute atomic E-state index is 13.8. The van der Waals surface area contributed by atoms with Crippen LogP contribution in [-0.4, -0.2) is 43.7 Å². The number of fused-ring (bicyclic) bond motifs is 1. The van der Waals surface area contributed by atoms with Gasteiger partial charge in [-0.15, -0.1) is 0 Å². The zero-order valence-electron chi connectivity index (χ0n) is 24.2. The van der Waals surface area contributed by atoms with Crippen LogP contribution in [0.25, 0.3) is 11.4 Å². The lowest BCUT2D eigenvalue weighted by Gasteiger charge is -2.23. The number of carbonyl (C=O) groups is 3. The molecule has 1 aliphatic rings. The molecule has 1 fully saturated rings. The van der Waals surface area contributed by atoms with Crippen molar-refractivity contribution in [2.24, 2.45) is 0 Å². The lowest BCUT2D eigenvalue weighted by Crippen LogP contribution is -2.29. The van der Waals surface area contributed by atoms with Crippen molar-refractivity contribution < 1.29 is 29.0 Å². The topological polar surface area (TPSA) is 123 Å². The molecule has 5 aromatic rings. The smallest absolute Gasteiger partial charge is 0.350 e. The Morgan fingerprint density at radius 2 is 1.75 bits per heavy atom. The molecular formula is C33H28N4O6S. The van der Waals surface area contributed by atoms with Crippen LogP contribution >= 0.6 is 11.3 Å². The predicted octanol–water partition coefficient (Wildman–Crippen LogP) is 5.79. The van der Waals surface area contributed by atoms with Crippen molar-refractivity contribution >= 4 is 45.5 Å². The van der Waals surface area contributed by atoms with Gasteiger partial charge in [0.1, 0.15) is 28.6 Å². The number of Topliss-reactive ketones (excluding diaryl/α,β-unsaturated/α-hetero) is 1. The number of aromatic nitrogens is 3. The average Bonchev–Trinajstić information content (AvgIpc) is 3.66. The number of esters is 1. The van der Waals surface area contributed by atoms with E-state index >= 15 is 0 Å². The Bertz CT molecular complexity index is 1940. The minimum atomic E-state index is -1.08. The minimum Gasteiger partial charge on any atom is -0.505 e. The highest BCUT2D eigenvalue weighted by Crippen LogP contribution is 2.45. The fourth-order valence-corrected chi connectivity index (χ4v) is 6.25. The van der Waals surface area contributed by atoms with Gasteiger partial charge in [0.2, 0.25) is 0 Å². The molecule has 0 radical (unpaired) electrons. The summed E-state index contributed by atoms with van der Waals surface area (Å²) >= 11 is 0.952. The third-order valence-electron chi connectivity index (χ3n) is 7.25. The lowest BCUT2D eigenvalue weighted by atomic mass is 9.96. The van der Waals surface area contributed by atoms with Gasteiger partial charge in [0.05, 0.1) is 29.6 Å². The van der Waals surface area contributed by atoms with Gasteiger partial charge in [-0.3, -0.25) is 18.9 Å². The summed E-state index contributed by atoms with van der Waals surface area (Å²) in [5.41, 5.74) is 3.06. The molecule has 2 aromatic carbocycles. The first-order chi connectivity index (χ1) is 21.3. The van der Waals surface area contributed by atoms with Crippen molar-refractivity contribution in [2.75, 3.05) is 11.5 Å². The molecular weight excluding hydrogens is 580 g/mol. The first-order valence-electron chi connectivity index (χ1n) is 13.9. The van der Waals surface area contributed by atoms with Gasteiger partial charge < -0.3 is 14.6 Å². The van der Waals surface area contributed by atoms with E-state index in [1.165, 1.54) is 4.90 Å². The summed E-state index contributed by atoms with van der Waals surface area (Å²) < 4.78 is 12.9. The van der Waals surface area contributed by atoms with E-state index in [1.807, 2.05) is 36.4 Å². The van der Waals surface area contributed by atoms with Crippen LogP contribution in [0.3, 0.4) is 0 Å². The number of aliphatic hydroxyl groups is 1. The van der Waals surface area contributed by atoms with E-state index in [0.29, 0.717) is 40.6 Å². The molecule has 1 unspecified atom stereocenters. The van der Waals surface area contributed by atoms with Crippen molar-refractivity contribution in [3.05, 3.63) is 118 Å². The molecule has 1 aliphatic heterocycles. The number of imidazole rings is 1. The first kappa shape index (κ1) is 28.8. The van der Waals surface area contributed by atoms with Gasteiger partial charge in [0.15, 0.2) is 10.9 Å². The number of anilines is 1. The quantitative estimate of drug-likeness (QED) is 0.102. The third kappa shape index (κ3) is 5.11. The highest BCUT2D eigenvalue weighted by atomic mass is 32.1. The van der Waals surface area contributed by atoms with Crippen LogP contribution < -0.4 is 9.64 Å². The number of benzene rings is 2. The highest BCUT2D eigenvalue weighted by Gasteiger charge is 2.49. The second kappa shape index (κ2) is 11.8. The van der Waals surface area contributed by atoms with Crippen LogP contribution in [0.4, 0.5) is 5.13 Å². The molecule has 0 bridgehead atoms. The van der Waals surface area contributed by atoms with E-state index in [2.05, 4.69) is 9.97 Å². The lowest BCUT2D eigenvalue weighted by molar-refractivity contribution is -0.132. The van der Waals surface area contributed by atoms with E-state index < -0.39 is 23.7 Å². The fourth-order valence-electron chi connectivity index (χ4n) is 5.26. The fraction of sp³-hybridized carbons (Fsp3) is 0.182. The van der Waals surface area contributed by atoms with Crippen LogP contribution in [0.15, 0.2) is 84.6 Å². The minimum absolute atomic E-state index is 0.127. The molecule has 0 aliphatic carbocycles. The van der Waals surface area contributed by atoms with Crippen LogP contribution in [0.2, 0.25) is 0 Å². The molecule has 3 aromatic heterocycles. The van der Waals surface area contributed by atoms with E-state index in [4.69, 9.17) is 9.47 Å².